The van der Waals surface area contributed by atoms with E-state index in [9.17, 15) is 4.79 Å². The largest absolute Gasteiger partial charge is 0.399 e. The first-order valence-corrected chi connectivity index (χ1v) is 4.60. The van der Waals surface area contributed by atoms with Crippen molar-refractivity contribution in [2.24, 2.45) is 0 Å². The molecule has 1 amide bonds. The van der Waals surface area contributed by atoms with Gasteiger partial charge in [-0.3, -0.25) is 19.9 Å². The van der Waals surface area contributed by atoms with E-state index in [1.165, 1.54) is 21.3 Å². The first kappa shape index (κ1) is 12.3. The lowest BCUT2D eigenvalue weighted by molar-refractivity contribution is -0.0756. The van der Waals surface area contributed by atoms with Crippen molar-refractivity contribution in [2.75, 3.05) is 32.5 Å². The molecule has 1 aromatic rings. The van der Waals surface area contributed by atoms with E-state index >= 15 is 0 Å². The van der Waals surface area contributed by atoms with Gasteiger partial charge in [0.2, 0.25) is 0 Å². The SMILES string of the molecule is CONc1cc(N)cc(C(=O)N(C)OC)c1. The zero-order valence-electron chi connectivity index (χ0n) is 9.48. The van der Waals surface area contributed by atoms with Crippen molar-refractivity contribution in [2.45, 2.75) is 0 Å². The molecule has 16 heavy (non-hydrogen) atoms. The van der Waals surface area contributed by atoms with E-state index in [-0.39, 0.29) is 5.91 Å². The van der Waals surface area contributed by atoms with E-state index in [0.717, 1.165) is 5.06 Å². The molecule has 0 aromatic heterocycles. The summed E-state index contributed by atoms with van der Waals surface area (Å²) in [6.45, 7) is 0. The summed E-state index contributed by atoms with van der Waals surface area (Å²) in [5.74, 6) is -0.283. The lowest BCUT2D eigenvalue weighted by atomic mass is 10.1. The molecule has 0 heterocycles. The van der Waals surface area contributed by atoms with Crippen LogP contribution in [0.3, 0.4) is 0 Å². The Balaban J connectivity index is 2.99. The van der Waals surface area contributed by atoms with Crippen LogP contribution >= 0.6 is 0 Å². The van der Waals surface area contributed by atoms with Crippen molar-refractivity contribution >= 4 is 17.3 Å². The Bertz CT molecular complexity index is 382. The molecule has 88 valence electrons. The molecule has 0 radical (unpaired) electrons. The Morgan fingerprint density at radius 3 is 2.62 bits per heavy atom. The molecule has 0 saturated heterocycles. The smallest absolute Gasteiger partial charge is 0.277 e. The molecule has 1 aromatic carbocycles. The first-order valence-electron chi connectivity index (χ1n) is 4.60. The van der Waals surface area contributed by atoms with Gasteiger partial charge in [0.1, 0.15) is 0 Å². The summed E-state index contributed by atoms with van der Waals surface area (Å²) < 4.78 is 0. The summed E-state index contributed by atoms with van der Waals surface area (Å²) in [5, 5.41) is 1.12. The molecule has 3 N–H and O–H groups in total. The van der Waals surface area contributed by atoms with Gasteiger partial charge in [0.15, 0.2) is 0 Å². The van der Waals surface area contributed by atoms with Gasteiger partial charge in [-0.25, -0.2) is 5.06 Å². The van der Waals surface area contributed by atoms with Crippen molar-refractivity contribution in [3.8, 4) is 0 Å². The third kappa shape index (κ3) is 2.85. The van der Waals surface area contributed by atoms with Crippen LogP contribution in [0.5, 0.6) is 0 Å². The number of nitrogens with two attached hydrogens (primary N) is 1. The minimum atomic E-state index is -0.283. The topological polar surface area (TPSA) is 76.8 Å². The number of nitrogens with zero attached hydrogens (tertiary/aromatic N) is 1. The normalized spacial score (nSPS) is 9.94. The second-order valence-electron chi connectivity index (χ2n) is 3.14. The van der Waals surface area contributed by atoms with Gasteiger partial charge in [0.05, 0.1) is 19.9 Å². The van der Waals surface area contributed by atoms with Crippen molar-refractivity contribution in [1.82, 2.24) is 5.06 Å². The number of carbonyl (C=O) groups is 1. The number of nitrogen functional groups attached to an aromatic ring is 1. The molecule has 6 nitrogen and oxygen atoms in total. The van der Waals surface area contributed by atoms with Crippen LogP contribution in [0.2, 0.25) is 0 Å². The van der Waals surface area contributed by atoms with Crippen LogP contribution in [0.25, 0.3) is 0 Å². The molecule has 6 heteroatoms. The third-order valence-electron chi connectivity index (χ3n) is 1.98. The Kier molecular flexibility index (Phi) is 4.10. The number of rotatable bonds is 4. The number of benzene rings is 1. The molecule has 1 rings (SSSR count). The minimum absolute atomic E-state index is 0.283. The number of nitrogens with one attached hydrogen (secondary N) is 1. The zero-order chi connectivity index (χ0) is 12.1. The van der Waals surface area contributed by atoms with Crippen LogP contribution in [-0.4, -0.2) is 32.2 Å². The molecular formula is C10H15N3O3. The predicted molar refractivity (Wildman–Crippen MR) is 60.6 cm³/mol. The third-order valence-corrected chi connectivity index (χ3v) is 1.98. The fourth-order valence-corrected chi connectivity index (χ4v) is 1.22. The van der Waals surface area contributed by atoms with E-state index in [1.807, 2.05) is 0 Å². The van der Waals surface area contributed by atoms with Crippen molar-refractivity contribution in [3.05, 3.63) is 23.8 Å². The Morgan fingerprint density at radius 1 is 1.38 bits per heavy atom. The molecule has 0 fully saturated rings. The highest BCUT2D eigenvalue weighted by atomic mass is 16.7. The van der Waals surface area contributed by atoms with Crippen molar-refractivity contribution in [3.63, 3.8) is 0 Å². The summed E-state index contributed by atoms with van der Waals surface area (Å²) in [6, 6.07) is 4.85. The van der Waals surface area contributed by atoms with Crippen LogP contribution in [0.15, 0.2) is 18.2 Å². The van der Waals surface area contributed by atoms with Gasteiger partial charge < -0.3 is 5.73 Å². The Morgan fingerprint density at radius 2 is 2.06 bits per heavy atom. The maximum absolute atomic E-state index is 11.8. The van der Waals surface area contributed by atoms with E-state index < -0.39 is 0 Å². The predicted octanol–water partition coefficient (Wildman–Crippen LogP) is 0.876. The van der Waals surface area contributed by atoms with Crippen LogP contribution in [0.1, 0.15) is 10.4 Å². The van der Waals surface area contributed by atoms with Gasteiger partial charge >= 0.3 is 0 Å². The van der Waals surface area contributed by atoms with Crippen LogP contribution in [0, 0.1) is 0 Å². The molecule has 0 unspecified atom stereocenters. The number of amides is 1. The quantitative estimate of drug-likeness (QED) is 0.587. The van der Waals surface area contributed by atoms with Crippen molar-refractivity contribution in [1.29, 1.82) is 0 Å². The standard InChI is InChI=1S/C10H15N3O3/c1-13(16-3)10(14)7-4-8(11)6-9(5-7)12-15-2/h4-6,12H,11H2,1-3H3. The van der Waals surface area contributed by atoms with Crippen LogP contribution < -0.4 is 11.2 Å². The van der Waals surface area contributed by atoms with E-state index in [4.69, 9.17) is 15.4 Å². The van der Waals surface area contributed by atoms with Gasteiger partial charge in [-0.15, -0.1) is 0 Å². The maximum atomic E-state index is 11.8. The van der Waals surface area contributed by atoms with E-state index in [2.05, 4.69) is 5.48 Å². The van der Waals surface area contributed by atoms with Gasteiger partial charge in [-0.05, 0) is 18.2 Å². The highest BCUT2D eigenvalue weighted by molar-refractivity contribution is 5.95. The van der Waals surface area contributed by atoms with E-state index in [1.54, 1.807) is 18.2 Å². The molecule has 0 spiro atoms. The summed E-state index contributed by atoms with van der Waals surface area (Å²) in [4.78, 5) is 21.3. The lowest BCUT2D eigenvalue weighted by Gasteiger charge is -2.14. The summed E-state index contributed by atoms with van der Waals surface area (Å²) in [6.07, 6.45) is 0. The van der Waals surface area contributed by atoms with Gasteiger partial charge in [-0.1, -0.05) is 0 Å². The number of hydroxylamine groups is 2. The average molecular weight is 225 g/mol. The molecule has 0 saturated carbocycles. The fraction of sp³-hybridized carbons (Fsp3) is 0.300. The Labute approximate surface area is 93.8 Å². The number of carbonyl (C=O) groups excluding carboxylic acids is 1. The lowest BCUT2D eigenvalue weighted by Crippen LogP contribution is -2.25. The second kappa shape index (κ2) is 5.34. The molecular weight excluding hydrogens is 210 g/mol. The zero-order valence-corrected chi connectivity index (χ0v) is 9.48. The van der Waals surface area contributed by atoms with Crippen molar-refractivity contribution < 1.29 is 14.5 Å². The number of anilines is 2. The Hall–Kier alpha value is -1.79. The fourth-order valence-electron chi connectivity index (χ4n) is 1.22. The average Bonchev–Trinajstić information content (AvgIpc) is 2.26. The van der Waals surface area contributed by atoms with Gasteiger partial charge in [-0.2, -0.15) is 0 Å². The molecule has 0 aliphatic carbocycles. The van der Waals surface area contributed by atoms with Crippen LogP contribution in [-0.2, 0) is 9.68 Å². The number of hydrogen-bond donors (Lipinski definition) is 2. The highest BCUT2D eigenvalue weighted by Gasteiger charge is 2.12. The van der Waals surface area contributed by atoms with Gasteiger partial charge in [0.25, 0.3) is 5.91 Å². The summed E-state index contributed by atoms with van der Waals surface area (Å²) in [5.41, 5.74) is 9.77. The molecule has 0 aliphatic heterocycles. The summed E-state index contributed by atoms with van der Waals surface area (Å²) >= 11 is 0. The first-order chi connectivity index (χ1) is 7.58. The molecule has 0 aliphatic rings. The van der Waals surface area contributed by atoms with Crippen LogP contribution in [0.4, 0.5) is 11.4 Å². The van der Waals surface area contributed by atoms with Gasteiger partial charge in [0, 0.05) is 18.3 Å². The minimum Gasteiger partial charge on any atom is -0.399 e. The molecule has 0 bridgehead atoms. The summed E-state index contributed by atoms with van der Waals surface area (Å²) in [7, 11) is 4.42. The highest BCUT2D eigenvalue weighted by Crippen LogP contribution is 2.17. The maximum Gasteiger partial charge on any atom is 0.277 e. The molecule has 0 atom stereocenters. The monoisotopic (exact) mass is 225 g/mol. The van der Waals surface area contributed by atoms with E-state index in [0.29, 0.717) is 16.9 Å². The second-order valence-corrected chi connectivity index (χ2v) is 3.14. The number of hydrogen-bond acceptors (Lipinski definition) is 5.